The van der Waals surface area contributed by atoms with Gasteiger partial charge in [-0.1, -0.05) is 13.8 Å². The number of aryl methyl sites for hydroxylation is 1. The van der Waals surface area contributed by atoms with E-state index in [2.05, 4.69) is 51.0 Å². The molecule has 0 aliphatic carbocycles. The first kappa shape index (κ1) is 31.8. The van der Waals surface area contributed by atoms with E-state index in [1.165, 1.54) is 15.5 Å². The number of nitrogens with zero attached hydrogens (tertiary/aromatic N) is 8. The summed E-state index contributed by atoms with van der Waals surface area (Å²) in [6.07, 6.45) is 19.3. The number of anilines is 1. The molecule has 14 heteroatoms. The molecule has 0 radical (unpaired) electrons. The van der Waals surface area contributed by atoms with Crippen LogP contribution in [0.2, 0.25) is 0 Å². The summed E-state index contributed by atoms with van der Waals surface area (Å²) in [5.41, 5.74) is 6.30. The van der Waals surface area contributed by atoms with Crippen LogP contribution in [0.15, 0.2) is 18.3 Å². The maximum absolute atomic E-state index is 14.1. The van der Waals surface area contributed by atoms with Crippen molar-refractivity contribution < 1.29 is 17.8 Å². The van der Waals surface area contributed by atoms with Crippen molar-refractivity contribution in [2.45, 2.75) is 39.2 Å². The molecule has 0 saturated carbocycles. The van der Waals surface area contributed by atoms with Crippen molar-refractivity contribution >= 4 is 39.2 Å². The molecule has 0 unspecified atom stereocenters. The molecule has 5 rings (SSSR count). The second-order valence-corrected chi connectivity index (χ2v) is 9.72. The number of halogens is 2. The van der Waals surface area contributed by atoms with E-state index in [1.54, 1.807) is 11.9 Å². The molecule has 1 aromatic carbocycles. The van der Waals surface area contributed by atoms with Gasteiger partial charge in [0, 0.05) is 48.4 Å². The topological polar surface area (TPSA) is 137 Å². The minimum Gasteiger partial charge on any atom is -0.368 e. The molecule has 0 bridgehead atoms. The Bertz CT molecular complexity index is 1520. The Kier molecular flexibility index (Phi) is 11.6. The Morgan fingerprint density at radius 2 is 1.80 bits per heavy atom. The zero-order chi connectivity index (χ0) is 30.0. The van der Waals surface area contributed by atoms with E-state index in [9.17, 15) is 17.8 Å². The van der Waals surface area contributed by atoms with Gasteiger partial charge in [-0.15, -0.1) is 35.9 Å². The molecular weight excluding hydrogens is 540 g/mol. The summed E-state index contributed by atoms with van der Waals surface area (Å²) in [5.74, 6) is -0.360. The molecule has 1 amide bonds. The number of amides is 1. The zero-order valence-corrected chi connectivity index (χ0v) is 23.3. The predicted octanol–water partition coefficient (Wildman–Crippen LogP) is 2.65. The predicted molar refractivity (Wildman–Crippen MR) is 151 cm³/mol. The summed E-state index contributed by atoms with van der Waals surface area (Å²) in [7, 11) is 0.863. The quantitative estimate of drug-likeness (QED) is 0.264. The summed E-state index contributed by atoms with van der Waals surface area (Å²) in [5, 5.41) is 12.8. The number of carbonyl (C=O) groups excluding carboxylic acids is 1. The number of nitrogen functional groups attached to an aromatic ring is 1. The van der Waals surface area contributed by atoms with Crippen LogP contribution >= 0.6 is 0 Å². The second-order valence-electron chi connectivity index (χ2n) is 8.18. The highest BCUT2D eigenvalue weighted by molar-refractivity contribution is 7.86. The number of nitrogens with two attached hydrogens (primary N) is 1. The molecule has 0 spiro atoms. The second kappa shape index (κ2) is 14.6. The van der Waals surface area contributed by atoms with Gasteiger partial charge in [-0.25, -0.2) is 18.7 Å². The monoisotopic (exact) mass is 571 g/mol. The van der Waals surface area contributed by atoms with E-state index >= 15 is 0 Å². The van der Waals surface area contributed by atoms with Gasteiger partial charge in [0.05, 0.1) is 17.6 Å². The summed E-state index contributed by atoms with van der Waals surface area (Å²) in [6.45, 7) is 4.48. The first-order valence-electron chi connectivity index (χ1n) is 12.3. The normalized spacial score (nSPS) is 15.4. The molecule has 212 valence electrons. The van der Waals surface area contributed by atoms with Crippen LogP contribution in [0.5, 0.6) is 0 Å². The average molecular weight is 572 g/mol. The van der Waals surface area contributed by atoms with Gasteiger partial charge in [-0.05, 0) is 18.9 Å². The number of fused-ring (bicyclic) bond motifs is 3. The standard InChI is InChI=1S/C20H21F2N9O2S.C2H6.2C2H2/c1-29(19(32)15-8-24-31(27-15)12-9-34(33)10-12)5-3-2-4-16-25-18-13-6-11(21)7-14(22)17(13)26-20(23)30(18)28-16;3*1-2/h6-8,12H,2-5,9-10H2,1H3,(H2,23,26);1-2H3;2*1-2H. The summed E-state index contributed by atoms with van der Waals surface area (Å²) in [6, 6.07) is 1.89. The molecule has 1 fully saturated rings. The summed E-state index contributed by atoms with van der Waals surface area (Å²) in [4.78, 5) is 24.0. The van der Waals surface area contributed by atoms with Gasteiger partial charge in [-0.3, -0.25) is 9.00 Å². The lowest BCUT2D eigenvalue weighted by molar-refractivity contribution is 0.0786. The van der Waals surface area contributed by atoms with Gasteiger partial charge in [0.15, 0.2) is 23.0 Å². The van der Waals surface area contributed by atoms with Crippen molar-refractivity contribution in [1.29, 1.82) is 0 Å². The maximum Gasteiger partial charge on any atom is 0.275 e. The Hall–Kier alpha value is -4.43. The molecule has 1 aliphatic heterocycles. The van der Waals surface area contributed by atoms with Gasteiger partial charge in [0.1, 0.15) is 11.3 Å². The molecule has 2 N–H and O–H groups in total. The lowest BCUT2D eigenvalue weighted by atomic mass is 10.2. The molecule has 1 saturated heterocycles. The first-order chi connectivity index (χ1) is 19.3. The molecule has 4 heterocycles. The Morgan fingerprint density at radius 3 is 2.45 bits per heavy atom. The number of benzene rings is 1. The van der Waals surface area contributed by atoms with E-state index < -0.39 is 22.4 Å². The van der Waals surface area contributed by atoms with Crippen molar-refractivity contribution in [3.05, 3.63) is 41.5 Å². The third-order valence-electron chi connectivity index (χ3n) is 5.66. The smallest absolute Gasteiger partial charge is 0.275 e. The molecule has 1 aliphatic rings. The van der Waals surface area contributed by atoms with E-state index in [-0.39, 0.29) is 40.1 Å². The third kappa shape index (κ3) is 6.95. The van der Waals surface area contributed by atoms with Gasteiger partial charge < -0.3 is 10.6 Å². The van der Waals surface area contributed by atoms with Crippen LogP contribution in [-0.4, -0.2) is 74.7 Å². The number of hydrogen-bond donors (Lipinski definition) is 1. The minimum atomic E-state index is -0.822. The number of carbonyl (C=O) groups is 1. The Balaban J connectivity index is 0.000000876. The van der Waals surface area contributed by atoms with Crippen LogP contribution in [0, 0.1) is 37.3 Å². The first-order valence-corrected chi connectivity index (χ1v) is 13.8. The largest absolute Gasteiger partial charge is 0.368 e. The van der Waals surface area contributed by atoms with E-state index in [1.807, 2.05) is 13.8 Å². The van der Waals surface area contributed by atoms with Crippen LogP contribution in [0.4, 0.5) is 14.7 Å². The van der Waals surface area contributed by atoms with Gasteiger partial charge in [0.25, 0.3) is 5.91 Å². The highest BCUT2D eigenvalue weighted by Gasteiger charge is 2.29. The van der Waals surface area contributed by atoms with Crippen molar-refractivity contribution in [3.63, 3.8) is 0 Å². The van der Waals surface area contributed by atoms with Crippen LogP contribution in [0.3, 0.4) is 0 Å². The lowest BCUT2D eigenvalue weighted by Gasteiger charge is -2.23. The van der Waals surface area contributed by atoms with Crippen molar-refractivity contribution in [2.24, 2.45) is 0 Å². The van der Waals surface area contributed by atoms with Crippen molar-refractivity contribution in [2.75, 3.05) is 30.8 Å². The number of hydrogen-bond acceptors (Lipinski definition) is 8. The molecule has 0 atom stereocenters. The highest BCUT2D eigenvalue weighted by atomic mass is 32.2. The number of terminal acetylenes is 2. The summed E-state index contributed by atoms with van der Waals surface area (Å²) < 4.78 is 40.3. The lowest BCUT2D eigenvalue weighted by Crippen LogP contribution is -2.35. The van der Waals surface area contributed by atoms with Crippen LogP contribution in [-0.2, 0) is 17.2 Å². The Morgan fingerprint density at radius 1 is 1.12 bits per heavy atom. The fourth-order valence-corrected chi connectivity index (χ4v) is 4.83. The Labute approximate surface area is 233 Å². The van der Waals surface area contributed by atoms with E-state index in [4.69, 9.17) is 5.73 Å². The fourth-order valence-electron chi connectivity index (χ4n) is 3.80. The molecule has 3 aromatic heterocycles. The van der Waals surface area contributed by atoms with Gasteiger partial charge >= 0.3 is 0 Å². The fraction of sp³-hybridized carbons (Fsp3) is 0.385. The number of unbranched alkanes of at least 4 members (excludes halogenated alkanes) is 1. The van der Waals surface area contributed by atoms with E-state index in [0.29, 0.717) is 43.1 Å². The number of rotatable bonds is 7. The minimum absolute atomic E-state index is 0.0139. The van der Waals surface area contributed by atoms with Crippen molar-refractivity contribution in [1.82, 2.24) is 39.5 Å². The average Bonchev–Trinajstić information content (AvgIpc) is 3.61. The van der Waals surface area contributed by atoms with Crippen LogP contribution < -0.4 is 5.73 Å². The van der Waals surface area contributed by atoms with Gasteiger partial charge in [-0.2, -0.15) is 14.4 Å². The SMILES string of the molecule is C#C.C#C.CC.CN(CCCCc1nc2c3cc(F)cc(F)c3nc(N)n2n1)C(=O)c1cnn(C2CS(=O)C2)n1. The van der Waals surface area contributed by atoms with E-state index in [0.717, 1.165) is 12.1 Å². The third-order valence-corrected chi connectivity index (χ3v) is 7.18. The molecule has 40 heavy (non-hydrogen) atoms. The number of aromatic nitrogens is 7. The van der Waals surface area contributed by atoms with Crippen LogP contribution in [0.1, 0.15) is 49.0 Å². The van der Waals surface area contributed by atoms with Crippen LogP contribution in [0.25, 0.3) is 16.6 Å². The molecule has 11 nitrogen and oxygen atoms in total. The molecule has 4 aromatic rings. The van der Waals surface area contributed by atoms with Crippen molar-refractivity contribution in [3.8, 4) is 25.7 Å². The zero-order valence-electron chi connectivity index (χ0n) is 22.5. The highest BCUT2D eigenvalue weighted by Crippen LogP contribution is 2.24. The summed E-state index contributed by atoms with van der Waals surface area (Å²) >= 11 is 0. The maximum atomic E-state index is 14.1. The van der Waals surface area contributed by atoms with Gasteiger partial charge in [0.2, 0.25) is 5.95 Å². The molecular formula is C26H31F2N9O2S.